The number of nitrogens with one attached hydrogen (secondary N) is 2. The largest absolute Gasteiger partial charge is 0.478 e. The number of rotatable bonds is 10. The van der Waals surface area contributed by atoms with Crippen LogP contribution in [0.1, 0.15) is 58.0 Å². The molecule has 2 rings (SSSR count). The molecule has 0 heterocycles. The number of unbranched alkanes of at least 4 members (excludes halogenated alkanes) is 1. The molecule has 2 aromatic carbocycles. The summed E-state index contributed by atoms with van der Waals surface area (Å²) in [7, 11) is 0. The maximum Gasteiger partial charge on any atom is 0.335 e. The Morgan fingerprint density at radius 2 is 1.46 bits per heavy atom. The monoisotopic (exact) mass is 382 g/mol. The van der Waals surface area contributed by atoms with E-state index in [0.717, 1.165) is 24.0 Å². The lowest BCUT2D eigenvalue weighted by molar-refractivity contribution is -0.121. The van der Waals surface area contributed by atoms with Gasteiger partial charge in [-0.25, -0.2) is 4.79 Å². The van der Waals surface area contributed by atoms with Gasteiger partial charge in [-0.1, -0.05) is 37.6 Å². The topological polar surface area (TPSA) is 95.5 Å². The number of carboxylic acid groups (broad SMARTS) is 1. The standard InChI is InChI=1S/C22H26N2O4/c1-2-3-14-23-21(26)18-9-6-17(7-10-18)15-24-20(25)13-8-16-4-11-19(12-5-16)22(27)28/h4-7,9-12H,2-3,8,13-15H2,1H3,(H,23,26)(H,24,25)(H,27,28). The fraction of sp³-hybridized carbons (Fsp3) is 0.318. The zero-order valence-electron chi connectivity index (χ0n) is 16.0. The van der Waals surface area contributed by atoms with E-state index in [-0.39, 0.29) is 17.4 Å². The molecule has 6 nitrogen and oxygen atoms in total. The van der Waals surface area contributed by atoms with Gasteiger partial charge in [-0.2, -0.15) is 0 Å². The molecule has 0 fully saturated rings. The average molecular weight is 382 g/mol. The van der Waals surface area contributed by atoms with Gasteiger partial charge in [0, 0.05) is 25.1 Å². The fourth-order valence-corrected chi connectivity index (χ4v) is 2.62. The van der Waals surface area contributed by atoms with Crippen molar-refractivity contribution in [3.8, 4) is 0 Å². The number of aromatic carboxylic acids is 1. The Balaban J connectivity index is 1.74. The van der Waals surface area contributed by atoms with Crippen molar-refractivity contribution in [2.24, 2.45) is 0 Å². The van der Waals surface area contributed by atoms with E-state index in [1.165, 1.54) is 12.1 Å². The summed E-state index contributed by atoms with van der Waals surface area (Å²) in [5.74, 6) is -1.13. The number of hydrogen-bond donors (Lipinski definition) is 3. The molecule has 0 saturated carbocycles. The molecule has 3 N–H and O–H groups in total. The van der Waals surface area contributed by atoms with Crippen LogP contribution in [0, 0.1) is 0 Å². The summed E-state index contributed by atoms with van der Waals surface area (Å²) < 4.78 is 0. The minimum atomic E-state index is -0.964. The zero-order chi connectivity index (χ0) is 20.4. The van der Waals surface area contributed by atoms with Gasteiger partial charge >= 0.3 is 5.97 Å². The van der Waals surface area contributed by atoms with Crippen LogP contribution in [0.5, 0.6) is 0 Å². The Kier molecular flexibility index (Phi) is 8.21. The molecule has 2 amide bonds. The third-order valence-corrected chi connectivity index (χ3v) is 4.36. The number of carbonyl (C=O) groups is 3. The first-order valence-electron chi connectivity index (χ1n) is 9.45. The Morgan fingerprint density at radius 3 is 2.07 bits per heavy atom. The highest BCUT2D eigenvalue weighted by atomic mass is 16.4. The van der Waals surface area contributed by atoms with Crippen LogP contribution in [0.25, 0.3) is 0 Å². The van der Waals surface area contributed by atoms with Crippen molar-refractivity contribution in [2.45, 2.75) is 39.2 Å². The molecule has 28 heavy (non-hydrogen) atoms. The second-order valence-corrected chi connectivity index (χ2v) is 6.59. The SMILES string of the molecule is CCCCNC(=O)c1ccc(CNC(=O)CCc2ccc(C(=O)O)cc2)cc1. The minimum Gasteiger partial charge on any atom is -0.478 e. The first kappa shape index (κ1) is 21.2. The van der Waals surface area contributed by atoms with Gasteiger partial charge in [0.1, 0.15) is 0 Å². The molecule has 0 radical (unpaired) electrons. The van der Waals surface area contributed by atoms with Gasteiger partial charge in [-0.05, 0) is 48.2 Å². The van der Waals surface area contributed by atoms with Crippen molar-refractivity contribution in [2.75, 3.05) is 6.54 Å². The van der Waals surface area contributed by atoms with Crippen molar-refractivity contribution >= 4 is 17.8 Å². The molecule has 0 bridgehead atoms. The third-order valence-electron chi connectivity index (χ3n) is 4.36. The van der Waals surface area contributed by atoms with Crippen molar-refractivity contribution in [1.82, 2.24) is 10.6 Å². The molecule has 0 aliphatic carbocycles. The summed E-state index contributed by atoms with van der Waals surface area (Å²) in [5.41, 5.74) is 2.68. The van der Waals surface area contributed by atoms with Crippen LogP contribution in [-0.2, 0) is 17.8 Å². The minimum absolute atomic E-state index is 0.0799. The highest BCUT2D eigenvalue weighted by Gasteiger charge is 2.07. The first-order valence-corrected chi connectivity index (χ1v) is 9.45. The number of carboxylic acids is 1. The second kappa shape index (κ2) is 10.9. The lowest BCUT2D eigenvalue weighted by Crippen LogP contribution is -2.25. The summed E-state index contributed by atoms with van der Waals surface area (Å²) >= 11 is 0. The van der Waals surface area contributed by atoms with E-state index in [1.54, 1.807) is 24.3 Å². The molecule has 0 unspecified atom stereocenters. The number of benzene rings is 2. The molecule has 0 atom stereocenters. The summed E-state index contributed by atoms with van der Waals surface area (Å²) in [4.78, 5) is 34.8. The van der Waals surface area contributed by atoms with E-state index in [9.17, 15) is 14.4 Å². The summed E-state index contributed by atoms with van der Waals surface area (Å²) in [6.45, 7) is 3.14. The first-order chi connectivity index (χ1) is 13.5. The smallest absolute Gasteiger partial charge is 0.335 e. The van der Waals surface area contributed by atoms with Crippen LogP contribution < -0.4 is 10.6 Å². The molecule has 0 aliphatic rings. The van der Waals surface area contributed by atoms with Gasteiger partial charge in [-0.3, -0.25) is 9.59 Å². The van der Waals surface area contributed by atoms with Gasteiger partial charge < -0.3 is 15.7 Å². The van der Waals surface area contributed by atoms with Gasteiger partial charge in [0.25, 0.3) is 5.91 Å². The summed E-state index contributed by atoms with van der Waals surface area (Å²) in [6, 6.07) is 13.7. The fourth-order valence-electron chi connectivity index (χ4n) is 2.62. The molecule has 0 aromatic heterocycles. The van der Waals surface area contributed by atoms with E-state index >= 15 is 0 Å². The van der Waals surface area contributed by atoms with Crippen molar-refractivity contribution in [1.29, 1.82) is 0 Å². The second-order valence-electron chi connectivity index (χ2n) is 6.59. The normalized spacial score (nSPS) is 10.3. The predicted octanol–water partition coefficient (Wildman–Crippen LogP) is 3.16. The Labute approximate surface area is 165 Å². The molecule has 0 saturated heterocycles. The van der Waals surface area contributed by atoms with E-state index in [4.69, 9.17) is 5.11 Å². The molecular weight excluding hydrogens is 356 g/mol. The van der Waals surface area contributed by atoms with Crippen molar-refractivity contribution in [3.05, 3.63) is 70.8 Å². The maximum atomic E-state index is 12.0. The number of hydrogen-bond acceptors (Lipinski definition) is 3. The lowest BCUT2D eigenvalue weighted by atomic mass is 10.1. The van der Waals surface area contributed by atoms with Gasteiger partial charge in [0.05, 0.1) is 5.56 Å². The highest BCUT2D eigenvalue weighted by Crippen LogP contribution is 2.08. The third kappa shape index (κ3) is 6.87. The Bertz CT molecular complexity index is 798. The molecule has 2 aromatic rings. The highest BCUT2D eigenvalue weighted by molar-refractivity contribution is 5.94. The predicted molar refractivity (Wildman–Crippen MR) is 107 cm³/mol. The summed E-state index contributed by atoms with van der Waals surface area (Å²) in [6.07, 6.45) is 2.86. The van der Waals surface area contributed by atoms with Crippen molar-refractivity contribution in [3.63, 3.8) is 0 Å². The van der Waals surface area contributed by atoms with E-state index in [2.05, 4.69) is 17.6 Å². The molecule has 0 aliphatic heterocycles. The molecule has 0 spiro atoms. The molecule has 148 valence electrons. The molecular formula is C22H26N2O4. The van der Waals surface area contributed by atoms with Crippen LogP contribution in [0.15, 0.2) is 48.5 Å². The number of amides is 2. The van der Waals surface area contributed by atoms with Crippen LogP contribution in [0.4, 0.5) is 0 Å². The Morgan fingerprint density at radius 1 is 0.857 bits per heavy atom. The maximum absolute atomic E-state index is 12.0. The van der Waals surface area contributed by atoms with E-state index < -0.39 is 5.97 Å². The van der Waals surface area contributed by atoms with Gasteiger partial charge in [0.15, 0.2) is 0 Å². The summed E-state index contributed by atoms with van der Waals surface area (Å²) in [5, 5.41) is 14.6. The molecule has 6 heteroatoms. The number of aryl methyl sites for hydroxylation is 1. The van der Waals surface area contributed by atoms with E-state index in [1.807, 2.05) is 12.1 Å². The van der Waals surface area contributed by atoms with E-state index in [0.29, 0.717) is 31.5 Å². The van der Waals surface area contributed by atoms with Crippen LogP contribution in [0.2, 0.25) is 0 Å². The van der Waals surface area contributed by atoms with Crippen LogP contribution >= 0.6 is 0 Å². The zero-order valence-corrected chi connectivity index (χ0v) is 16.0. The van der Waals surface area contributed by atoms with Gasteiger partial charge in [-0.15, -0.1) is 0 Å². The number of carbonyl (C=O) groups excluding carboxylic acids is 2. The average Bonchev–Trinajstić information content (AvgIpc) is 2.71. The Hall–Kier alpha value is -3.15. The van der Waals surface area contributed by atoms with Gasteiger partial charge in [0.2, 0.25) is 5.91 Å². The quantitative estimate of drug-likeness (QED) is 0.550. The van der Waals surface area contributed by atoms with Crippen LogP contribution in [0.3, 0.4) is 0 Å². The van der Waals surface area contributed by atoms with Crippen LogP contribution in [-0.4, -0.2) is 29.4 Å². The van der Waals surface area contributed by atoms with Crippen molar-refractivity contribution < 1.29 is 19.5 Å². The lowest BCUT2D eigenvalue weighted by Gasteiger charge is -2.08.